The maximum atomic E-state index is 5.71. The topological polar surface area (TPSA) is 37.9 Å². The molecule has 3 heteroatoms. The molecule has 0 radical (unpaired) electrons. The van der Waals surface area contributed by atoms with Crippen molar-refractivity contribution in [3.05, 3.63) is 60.4 Å². The van der Waals surface area contributed by atoms with E-state index in [2.05, 4.69) is 9.97 Å². The van der Waals surface area contributed by atoms with Crippen LogP contribution in [-0.2, 0) is 6.61 Å². The zero-order chi connectivity index (χ0) is 11.5. The zero-order valence-electron chi connectivity index (χ0n) is 9.26. The van der Waals surface area contributed by atoms with Crippen LogP contribution in [0.15, 0.2) is 54.9 Å². The van der Waals surface area contributed by atoms with Gasteiger partial charge < -0.3 is 9.72 Å². The van der Waals surface area contributed by atoms with E-state index in [0.717, 1.165) is 16.8 Å². The average molecular weight is 224 g/mol. The van der Waals surface area contributed by atoms with Gasteiger partial charge in [-0.1, -0.05) is 30.3 Å². The van der Waals surface area contributed by atoms with Crippen LogP contribution in [0, 0.1) is 0 Å². The van der Waals surface area contributed by atoms with E-state index in [4.69, 9.17) is 4.74 Å². The SMILES string of the molecule is c1ccc(COc2ncc3[nH]cccc2-3)cc1. The van der Waals surface area contributed by atoms with Crippen LogP contribution in [0.1, 0.15) is 5.56 Å². The highest BCUT2D eigenvalue weighted by Crippen LogP contribution is 2.29. The van der Waals surface area contributed by atoms with Gasteiger partial charge in [0.2, 0.25) is 5.88 Å². The fourth-order valence-electron chi connectivity index (χ4n) is 1.78. The van der Waals surface area contributed by atoms with E-state index < -0.39 is 0 Å². The van der Waals surface area contributed by atoms with Crippen LogP contribution in [-0.4, -0.2) is 9.97 Å². The van der Waals surface area contributed by atoms with Crippen molar-refractivity contribution >= 4 is 0 Å². The Hall–Kier alpha value is -2.29. The maximum absolute atomic E-state index is 5.71. The first-order chi connectivity index (χ1) is 8.43. The molecule has 0 fully saturated rings. The van der Waals surface area contributed by atoms with Crippen molar-refractivity contribution in [3.8, 4) is 17.1 Å². The second-order valence-corrected chi connectivity index (χ2v) is 3.84. The second kappa shape index (κ2) is 4.29. The summed E-state index contributed by atoms with van der Waals surface area (Å²) in [6.45, 7) is 0.543. The van der Waals surface area contributed by atoms with Crippen LogP contribution in [0.4, 0.5) is 0 Å². The molecule has 0 saturated carbocycles. The molecule has 1 N–H and O–H groups in total. The largest absolute Gasteiger partial charge is 0.472 e. The molecule has 0 spiro atoms. The Kier molecular flexibility index (Phi) is 2.50. The van der Waals surface area contributed by atoms with Crippen LogP contribution in [0.3, 0.4) is 0 Å². The molecular weight excluding hydrogens is 212 g/mol. The van der Waals surface area contributed by atoms with Gasteiger partial charge in [-0.15, -0.1) is 0 Å². The van der Waals surface area contributed by atoms with Gasteiger partial charge in [-0.3, -0.25) is 0 Å². The summed E-state index contributed by atoms with van der Waals surface area (Å²) < 4.78 is 5.71. The summed E-state index contributed by atoms with van der Waals surface area (Å²) in [5.74, 6) is 0.681. The first-order valence-corrected chi connectivity index (χ1v) is 5.52. The molecule has 0 unspecified atom stereocenters. The highest BCUT2D eigenvalue weighted by Gasteiger charge is 2.11. The number of pyridine rings is 1. The number of aromatic nitrogens is 2. The Labute approximate surface area is 99.4 Å². The van der Waals surface area contributed by atoms with Crippen molar-refractivity contribution < 1.29 is 4.74 Å². The molecule has 3 nitrogen and oxygen atoms in total. The summed E-state index contributed by atoms with van der Waals surface area (Å²) in [4.78, 5) is 7.38. The molecule has 0 aliphatic carbocycles. The lowest BCUT2D eigenvalue weighted by Gasteiger charge is -2.05. The highest BCUT2D eigenvalue weighted by molar-refractivity contribution is 5.66. The average Bonchev–Trinajstić information content (AvgIpc) is 2.81. The molecule has 2 aliphatic heterocycles. The Balaban J connectivity index is 1.78. The summed E-state index contributed by atoms with van der Waals surface area (Å²) in [6.07, 6.45) is 3.67. The molecule has 84 valence electrons. The summed E-state index contributed by atoms with van der Waals surface area (Å²) in [6, 6.07) is 14.0. The van der Waals surface area contributed by atoms with Crippen LogP contribution in [0.2, 0.25) is 0 Å². The van der Waals surface area contributed by atoms with E-state index in [1.807, 2.05) is 48.7 Å². The van der Waals surface area contributed by atoms with Crippen molar-refractivity contribution in [1.29, 1.82) is 0 Å². The van der Waals surface area contributed by atoms with E-state index in [-0.39, 0.29) is 0 Å². The van der Waals surface area contributed by atoms with Crippen molar-refractivity contribution in [2.75, 3.05) is 0 Å². The highest BCUT2D eigenvalue weighted by atomic mass is 16.5. The molecule has 2 heterocycles. The molecule has 1 aromatic carbocycles. The molecule has 0 aromatic heterocycles. The Morgan fingerprint density at radius 2 is 1.94 bits per heavy atom. The Bertz CT molecular complexity index is 574. The standard InChI is InChI=1S/C14H12N2O/c1-2-5-11(6-3-1)10-17-14-12-7-4-8-15-13(12)9-16-14/h1-9,15H,10H2. The van der Waals surface area contributed by atoms with Gasteiger partial charge in [0.05, 0.1) is 17.5 Å². The molecule has 17 heavy (non-hydrogen) atoms. The van der Waals surface area contributed by atoms with E-state index >= 15 is 0 Å². The van der Waals surface area contributed by atoms with E-state index in [0.29, 0.717) is 12.5 Å². The minimum atomic E-state index is 0.543. The molecule has 0 atom stereocenters. The lowest BCUT2D eigenvalue weighted by atomic mass is 10.2. The molecule has 3 rings (SSSR count). The first-order valence-electron chi connectivity index (χ1n) is 5.52. The number of hydrogen-bond acceptors (Lipinski definition) is 2. The number of benzene rings is 1. The molecule has 2 aliphatic rings. The summed E-state index contributed by atoms with van der Waals surface area (Å²) >= 11 is 0. The zero-order valence-corrected chi connectivity index (χ0v) is 9.26. The number of nitrogens with zero attached hydrogens (tertiary/aromatic N) is 1. The van der Waals surface area contributed by atoms with Gasteiger partial charge in [0.15, 0.2) is 0 Å². The Morgan fingerprint density at radius 1 is 1.06 bits per heavy atom. The van der Waals surface area contributed by atoms with Gasteiger partial charge in [-0.05, 0) is 17.7 Å². The quantitative estimate of drug-likeness (QED) is 0.742. The number of H-pyrrole nitrogens is 1. The summed E-state index contributed by atoms with van der Waals surface area (Å²) in [5, 5.41) is 0. The van der Waals surface area contributed by atoms with Crippen molar-refractivity contribution in [3.63, 3.8) is 0 Å². The predicted molar refractivity (Wildman–Crippen MR) is 66.0 cm³/mol. The molecule has 0 bridgehead atoms. The van der Waals surface area contributed by atoms with Crippen LogP contribution in [0.25, 0.3) is 11.3 Å². The number of hydrogen-bond donors (Lipinski definition) is 1. The van der Waals surface area contributed by atoms with E-state index in [9.17, 15) is 0 Å². The minimum Gasteiger partial charge on any atom is -0.472 e. The Morgan fingerprint density at radius 3 is 2.82 bits per heavy atom. The fourth-order valence-corrected chi connectivity index (χ4v) is 1.78. The molecular formula is C14H12N2O. The molecule has 1 aromatic rings. The van der Waals surface area contributed by atoms with Crippen molar-refractivity contribution in [2.24, 2.45) is 0 Å². The lowest BCUT2D eigenvalue weighted by Crippen LogP contribution is -1.96. The van der Waals surface area contributed by atoms with Crippen molar-refractivity contribution in [2.45, 2.75) is 6.61 Å². The normalized spacial score (nSPS) is 10.6. The number of fused-ring (bicyclic) bond motifs is 1. The van der Waals surface area contributed by atoms with Gasteiger partial charge >= 0.3 is 0 Å². The van der Waals surface area contributed by atoms with E-state index in [1.54, 1.807) is 6.20 Å². The van der Waals surface area contributed by atoms with E-state index in [1.165, 1.54) is 0 Å². The lowest BCUT2D eigenvalue weighted by molar-refractivity contribution is 0.297. The monoisotopic (exact) mass is 224 g/mol. The van der Waals surface area contributed by atoms with Gasteiger partial charge in [-0.2, -0.15) is 0 Å². The van der Waals surface area contributed by atoms with Gasteiger partial charge in [0, 0.05) is 6.20 Å². The third kappa shape index (κ3) is 1.99. The van der Waals surface area contributed by atoms with Crippen LogP contribution >= 0.6 is 0 Å². The third-order valence-electron chi connectivity index (χ3n) is 2.65. The summed E-state index contributed by atoms with van der Waals surface area (Å²) in [5.41, 5.74) is 3.16. The smallest absolute Gasteiger partial charge is 0.223 e. The number of nitrogens with one attached hydrogen (secondary N) is 1. The van der Waals surface area contributed by atoms with Crippen LogP contribution in [0.5, 0.6) is 5.88 Å². The van der Waals surface area contributed by atoms with Crippen molar-refractivity contribution in [1.82, 2.24) is 9.97 Å². The van der Waals surface area contributed by atoms with Gasteiger partial charge in [0.1, 0.15) is 6.61 Å². The number of rotatable bonds is 3. The van der Waals surface area contributed by atoms with Gasteiger partial charge in [0.25, 0.3) is 0 Å². The van der Waals surface area contributed by atoms with Crippen LogP contribution < -0.4 is 4.74 Å². The fraction of sp³-hybridized carbons (Fsp3) is 0.0714. The first kappa shape index (κ1) is 9.90. The summed E-state index contributed by atoms with van der Waals surface area (Å²) in [7, 11) is 0. The predicted octanol–water partition coefficient (Wildman–Crippen LogP) is 3.09. The third-order valence-corrected chi connectivity index (χ3v) is 2.65. The molecule has 0 amide bonds. The van der Waals surface area contributed by atoms with Gasteiger partial charge in [-0.25, -0.2) is 4.98 Å². The minimum absolute atomic E-state index is 0.543. The molecule has 0 saturated heterocycles. The number of ether oxygens (including phenoxy) is 1. The number of aromatic amines is 1. The maximum Gasteiger partial charge on any atom is 0.223 e. The second-order valence-electron chi connectivity index (χ2n) is 3.84.